The number of halogens is 1. The summed E-state index contributed by atoms with van der Waals surface area (Å²) in [6.07, 6.45) is 17.0. The molecule has 224 valence electrons. The van der Waals surface area contributed by atoms with Gasteiger partial charge in [-0.2, -0.15) is 5.10 Å². The van der Waals surface area contributed by atoms with Crippen LogP contribution in [0.5, 0.6) is 0 Å². The van der Waals surface area contributed by atoms with Crippen LogP contribution in [-0.2, 0) is 12.8 Å². The maximum atomic E-state index is 14.8. The molecule has 0 unspecified atom stereocenters. The number of hydrogen-bond acceptors (Lipinski definition) is 5. The zero-order valence-electron chi connectivity index (χ0n) is 25.4. The molecular weight excluding hydrogens is 549 g/mol. The molecule has 1 aromatic carbocycles. The Morgan fingerprint density at radius 1 is 0.841 bits per heavy atom. The van der Waals surface area contributed by atoms with Crippen molar-refractivity contribution in [3.8, 4) is 33.9 Å². The summed E-state index contributed by atoms with van der Waals surface area (Å²) in [5, 5.41) is 9.72. The van der Waals surface area contributed by atoms with E-state index in [1.807, 2.05) is 24.7 Å². The topological polar surface area (TPSA) is 86.4 Å². The first-order valence-electron chi connectivity index (χ1n) is 15.7. The largest absolute Gasteiger partial charge is 0.353 e. The molecule has 0 atom stereocenters. The number of rotatable bonds is 9. The lowest BCUT2D eigenvalue weighted by atomic mass is 9.85. The van der Waals surface area contributed by atoms with Crippen molar-refractivity contribution in [2.75, 3.05) is 20.6 Å². The molecule has 6 aromatic rings. The first-order chi connectivity index (χ1) is 21.5. The number of aromatic amines is 2. The molecule has 44 heavy (non-hydrogen) atoms. The van der Waals surface area contributed by atoms with Crippen molar-refractivity contribution in [1.29, 1.82) is 0 Å². The Kier molecular flexibility index (Phi) is 7.91. The molecule has 7 rings (SSSR count). The van der Waals surface area contributed by atoms with Gasteiger partial charge in [-0.05, 0) is 99.4 Å². The van der Waals surface area contributed by atoms with Gasteiger partial charge in [-0.25, -0.2) is 4.39 Å². The second-order valence-corrected chi connectivity index (χ2v) is 12.5. The van der Waals surface area contributed by atoms with E-state index in [-0.39, 0.29) is 5.82 Å². The third-order valence-corrected chi connectivity index (χ3v) is 8.89. The Bertz CT molecular complexity index is 1920. The summed E-state index contributed by atoms with van der Waals surface area (Å²) in [5.74, 6) is 0.507. The molecule has 7 nitrogen and oxygen atoms in total. The van der Waals surface area contributed by atoms with Crippen LogP contribution in [0, 0.1) is 11.7 Å². The van der Waals surface area contributed by atoms with E-state index < -0.39 is 0 Å². The van der Waals surface area contributed by atoms with Crippen molar-refractivity contribution in [3.63, 3.8) is 0 Å². The van der Waals surface area contributed by atoms with E-state index in [1.165, 1.54) is 37.7 Å². The Balaban J connectivity index is 1.21. The smallest absolute Gasteiger partial charge is 0.124 e. The lowest BCUT2D eigenvalue weighted by molar-refractivity contribution is 0.356. The van der Waals surface area contributed by atoms with E-state index >= 15 is 0 Å². The molecule has 1 saturated carbocycles. The summed E-state index contributed by atoms with van der Waals surface area (Å²) in [5.41, 5.74) is 9.13. The minimum absolute atomic E-state index is 0.243. The van der Waals surface area contributed by atoms with E-state index in [1.54, 1.807) is 18.3 Å². The van der Waals surface area contributed by atoms with Gasteiger partial charge in [0.05, 0.1) is 28.8 Å². The lowest BCUT2D eigenvalue weighted by Gasteiger charge is -2.21. The number of nitrogens with one attached hydrogen (secondary N) is 2. The monoisotopic (exact) mass is 587 g/mol. The molecule has 5 heterocycles. The number of benzene rings is 1. The molecule has 0 saturated heterocycles. The number of hydrogen-bond donors (Lipinski definition) is 2. The third kappa shape index (κ3) is 5.99. The molecular formula is C36H38FN7. The third-order valence-electron chi connectivity index (χ3n) is 8.89. The van der Waals surface area contributed by atoms with Gasteiger partial charge in [0.25, 0.3) is 0 Å². The fourth-order valence-corrected chi connectivity index (χ4v) is 6.69. The van der Waals surface area contributed by atoms with Gasteiger partial charge in [-0.1, -0.05) is 32.1 Å². The van der Waals surface area contributed by atoms with E-state index in [9.17, 15) is 4.39 Å². The van der Waals surface area contributed by atoms with Crippen molar-refractivity contribution >= 4 is 21.8 Å². The van der Waals surface area contributed by atoms with Gasteiger partial charge in [0.15, 0.2) is 0 Å². The summed E-state index contributed by atoms with van der Waals surface area (Å²) in [4.78, 5) is 19.7. The van der Waals surface area contributed by atoms with Crippen molar-refractivity contribution in [1.82, 2.24) is 35.0 Å². The molecule has 0 amide bonds. The number of pyridine rings is 3. The molecule has 1 aliphatic rings. The van der Waals surface area contributed by atoms with Gasteiger partial charge < -0.3 is 9.88 Å². The average molecular weight is 588 g/mol. The highest BCUT2D eigenvalue weighted by Crippen LogP contribution is 2.35. The van der Waals surface area contributed by atoms with Crippen LogP contribution >= 0.6 is 0 Å². The number of H-pyrrole nitrogens is 2. The van der Waals surface area contributed by atoms with Crippen LogP contribution in [0.3, 0.4) is 0 Å². The summed E-state index contributed by atoms with van der Waals surface area (Å²) >= 11 is 0. The summed E-state index contributed by atoms with van der Waals surface area (Å²) in [6.45, 7) is 0.956. The predicted octanol–water partition coefficient (Wildman–Crippen LogP) is 7.99. The average Bonchev–Trinajstić information content (AvgIpc) is 3.65. The molecule has 0 bridgehead atoms. The fourth-order valence-electron chi connectivity index (χ4n) is 6.69. The highest BCUT2D eigenvalue weighted by molar-refractivity contribution is 6.00. The van der Waals surface area contributed by atoms with E-state index in [2.05, 4.69) is 68.4 Å². The Morgan fingerprint density at radius 2 is 1.68 bits per heavy atom. The van der Waals surface area contributed by atoms with Gasteiger partial charge in [-0.15, -0.1) is 0 Å². The Hall–Kier alpha value is -4.43. The van der Waals surface area contributed by atoms with Crippen molar-refractivity contribution in [2.45, 2.75) is 51.4 Å². The van der Waals surface area contributed by atoms with Gasteiger partial charge in [0.2, 0.25) is 0 Å². The number of fused-ring (bicyclic) bond motifs is 2. The van der Waals surface area contributed by atoms with E-state index in [4.69, 9.17) is 4.98 Å². The lowest BCUT2D eigenvalue weighted by Crippen LogP contribution is -2.13. The molecule has 2 N–H and O–H groups in total. The first-order valence-corrected chi connectivity index (χ1v) is 15.7. The Morgan fingerprint density at radius 3 is 2.55 bits per heavy atom. The minimum Gasteiger partial charge on any atom is -0.353 e. The highest BCUT2D eigenvalue weighted by atomic mass is 19.1. The van der Waals surface area contributed by atoms with Crippen LogP contribution in [0.4, 0.5) is 4.39 Å². The van der Waals surface area contributed by atoms with Gasteiger partial charge in [-0.3, -0.25) is 20.1 Å². The molecule has 5 aromatic heterocycles. The molecule has 1 fully saturated rings. The second-order valence-electron chi connectivity index (χ2n) is 12.5. The molecule has 0 aliphatic heterocycles. The van der Waals surface area contributed by atoms with E-state index in [0.29, 0.717) is 0 Å². The SMILES string of the molecule is CN(C)CCCc1cc(F)cc(-c2nccc3[nH]c(-c4n[nH]c5cnc(-c6cncc(CC7CCCCC7)c6)cc45)cc23)c1. The van der Waals surface area contributed by atoms with Gasteiger partial charge in [0.1, 0.15) is 11.5 Å². The van der Waals surface area contributed by atoms with Crippen LogP contribution < -0.4 is 0 Å². The van der Waals surface area contributed by atoms with Gasteiger partial charge in [0, 0.05) is 46.0 Å². The summed E-state index contributed by atoms with van der Waals surface area (Å²) in [7, 11) is 4.11. The quantitative estimate of drug-likeness (QED) is 0.179. The van der Waals surface area contributed by atoms with Crippen LogP contribution in [0.2, 0.25) is 0 Å². The minimum atomic E-state index is -0.243. The van der Waals surface area contributed by atoms with Crippen molar-refractivity contribution < 1.29 is 4.39 Å². The predicted molar refractivity (Wildman–Crippen MR) is 175 cm³/mol. The number of aromatic nitrogens is 6. The number of nitrogens with zero attached hydrogens (tertiary/aromatic N) is 5. The van der Waals surface area contributed by atoms with Gasteiger partial charge >= 0.3 is 0 Å². The zero-order chi connectivity index (χ0) is 30.0. The normalized spacial score (nSPS) is 14.3. The summed E-state index contributed by atoms with van der Waals surface area (Å²) < 4.78 is 14.8. The number of aryl methyl sites for hydroxylation is 1. The van der Waals surface area contributed by atoms with Crippen LogP contribution in [0.15, 0.2) is 67.3 Å². The second kappa shape index (κ2) is 12.3. The van der Waals surface area contributed by atoms with Crippen molar-refractivity contribution in [2.24, 2.45) is 5.92 Å². The molecule has 1 aliphatic carbocycles. The van der Waals surface area contributed by atoms with Crippen LogP contribution in [-0.4, -0.2) is 55.7 Å². The summed E-state index contributed by atoms with van der Waals surface area (Å²) in [6, 6.07) is 13.6. The highest BCUT2D eigenvalue weighted by Gasteiger charge is 2.18. The van der Waals surface area contributed by atoms with Crippen LogP contribution in [0.25, 0.3) is 55.7 Å². The molecule has 0 radical (unpaired) electrons. The maximum absolute atomic E-state index is 14.8. The molecule has 8 heteroatoms. The standard InChI is InChI=1S/C36H38FN7/c1-44(2)12-6-9-24-14-26(17-28(37)16-24)35-29-19-33(41-31(29)10-11-39-35)36-30-18-32(40-22-34(30)42-43-36)27-15-25(20-38-21-27)13-23-7-4-3-5-8-23/h10-11,14-23,41H,3-9,12-13H2,1-2H3,(H,42,43). The maximum Gasteiger partial charge on any atom is 0.124 e. The van der Waals surface area contributed by atoms with E-state index in [0.717, 1.165) is 93.0 Å². The Labute approximate surface area is 257 Å². The molecule has 0 spiro atoms. The zero-order valence-corrected chi connectivity index (χ0v) is 25.4. The first kappa shape index (κ1) is 28.3. The van der Waals surface area contributed by atoms with Crippen molar-refractivity contribution in [3.05, 3.63) is 84.2 Å². The fraction of sp³-hybridized carbons (Fsp3) is 0.333. The van der Waals surface area contributed by atoms with Crippen LogP contribution in [0.1, 0.15) is 49.7 Å².